The van der Waals surface area contributed by atoms with Crippen LogP contribution in [0.1, 0.15) is 20.9 Å². The zero-order chi connectivity index (χ0) is 19.5. The number of thiazole rings is 1. The van der Waals surface area contributed by atoms with Crippen LogP contribution in [0.4, 0.5) is 10.8 Å². The monoisotopic (exact) mass is 408 g/mol. The molecule has 2 N–H and O–H groups in total. The number of aromatic nitrogens is 2. The third-order valence-corrected chi connectivity index (χ3v) is 5.84. The minimum absolute atomic E-state index is 0.159. The summed E-state index contributed by atoms with van der Waals surface area (Å²) in [5.41, 5.74) is 3.80. The molecule has 0 spiro atoms. The number of aromatic amines is 1. The maximum absolute atomic E-state index is 12.3. The smallest absolute Gasteiger partial charge is 0.280 e. The Labute approximate surface area is 171 Å². The Morgan fingerprint density at radius 1 is 1.21 bits per heavy atom. The van der Waals surface area contributed by atoms with Crippen molar-refractivity contribution in [2.75, 3.05) is 11.2 Å². The van der Waals surface area contributed by atoms with Crippen molar-refractivity contribution in [1.82, 2.24) is 14.7 Å². The second-order valence-corrected chi connectivity index (χ2v) is 8.15. The van der Waals surface area contributed by atoms with Crippen LogP contribution in [-0.2, 0) is 6.54 Å². The van der Waals surface area contributed by atoms with E-state index in [0.717, 1.165) is 26.6 Å². The van der Waals surface area contributed by atoms with Gasteiger partial charge in [0, 0.05) is 33.9 Å². The van der Waals surface area contributed by atoms with Crippen LogP contribution in [0.5, 0.6) is 0 Å². The number of hydrogen-bond acceptors (Lipinski definition) is 5. The number of nitrogens with zero attached hydrogens (tertiary/aromatic N) is 2. The number of amides is 1. The van der Waals surface area contributed by atoms with Gasteiger partial charge in [-0.25, -0.2) is 4.98 Å². The lowest BCUT2D eigenvalue weighted by atomic mass is 10.2. The molecule has 28 heavy (non-hydrogen) atoms. The molecule has 0 radical (unpaired) electrons. The summed E-state index contributed by atoms with van der Waals surface area (Å²) >= 11 is 2.82. The molecule has 142 valence electrons. The molecule has 0 fully saturated rings. The van der Waals surface area contributed by atoms with Crippen LogP contribution in [-0.4, -0.2) is 22.1 Å². The third-order valence-electron chi connectivity index (χ3n) is 4.46. The van der Waals surface area contributed by atoms with E-state index in [9.17, 15) is 4.79 Å². The minimum Gasteiger partial charge on any atom is -0.361 e. The van der Waals surface area contributed by atoms with Crippen LogP contribution in [0.15, 0.2) is 60.8 Å². The van der Waals surface area contributed by atoms with E-state index in [0.29, 0.717) is 12.2 Å². The van der Waals surface area contributed by atoms with E-state index in [1.165, 1.54) is 28.8 Å². The van der Waals surface area contributed by atoms with E-state index in [-0.39, 0.29) is 5.91 Å². The van der Waals surface area contributed by atoms with E-state index in [2.05, 4.69) is 56.0 Å². The lowest BCUT2D eigenvalue weighted by Crippen LogP contribution is -2.19. The van der Waals surface area contributed by atoms with Crippen LogP contribution < -0.4 is 9.62 Å². The first kappa shape index (κ1) is 18.6. The predicted molar refractivity (Wildman–Crippen MR) is 118 cm³/mol. The van der Waals surface area contributed by atoms with Gasteiger partial charge in [-0.1, -0.05) is 42.3 Å². The number of benzene rings is 2. The summed E-state index contributed by atoms with van der Waals surface area (Å²) in [6, 6.07) is 18.6. The first-order chi connectivity index (χ1) is 13.7. The van der Waals surface area contributed by atoms with Gasteiger partial charge in [0.1, 0.15) is 5.69 Å². The highest BCUT2D eigenvalue weighted by molar-refractivity contribution is 7.97. The number of fused-ring (bicyclic) bond motifs is 1. The van der Waals surface area contributed by atoms with E-state index < -0.39 is 0 Å². The molecule has 0 aliphatic heterocycles. The van der Waals surface area contributed by atoms with Gasteiger partial charge in [0.05, 0.1) is 6.54 Å². The number of nitrogens with one attached hydrogen (secondary N) is 2. The van der Waals surface area contributed by atoms with Crippen molar-refractivity contribution in [1.29, 1.82) is 0 Å². The number of carbonyl (C=O) groups is 1. The fourth-order valence-electron chi connectivity index (χ4n) is 3.09. The van der Waals surface area contributed by atoms with Gasteiger partial charge in [-0.3, -0.25) is 9.52 Å². The molecule has 2 aromatic carbocycles. The molecule has 5 nitrogen and oxygen atoms in total. The molecule has 0 atom stereocenters. The van der Waals surface area contributed by atoms with E-state index in [1.54, 1.807) is 0 Å². The molecule has 0 bridgehead atoms. The average molecular weight is 409 g/mol. The highest BCUT2D eigenvalue weighted by atomic mass is 32.2. The third kappa shape index (κ3) is 3.76. The highest BCUT2D eigenvalue weighted by Crippen LogP contribution is 2.34. The number of carbonyl (C=O) groups excluding carboxylic acids is 1. The molecule has 4 rings (SSSR count). The van der Waals surface area contributed by atoms with Gasteiger partial charge < -0.3 is 9.88 Å². The Balaban J connectivity index is 1.76. The quantitative estimate of drug-likeness (QED) is 0.426. The van der Waals surface area contributed by atoms with E-state index in [1.807, 2.05) is 37.6 Å². The number of anilines is 2. The second-order valence-electron chi connectivity index (χ2n) is 6.36. The summed E-state index contributed by atoms with van der Waals surface area (Å²) in [7, 11) is 0. The maximum Gasteiger partial charge on any atom is 0.280 e. The fraction of sp³-hybridized carbons (Fsp3) is 0.143. The topological polar surface area (TPSA) is 61.0 Å². The lowest BCUT2D eigenvalue weighted by molar-refractivity contribution is 0.0980. The van der Waals surface area contributed by atoms with Crippen molar-refractivity contribution in [3.63, 3.8) is 0 Å². The van der Waals surface area contributed by atoms with Crippen LogP contribution in [0.2, 0.25) is 0 Å². The Kier molecular flexibility index (Phi) is 5.36. The summed E-state index contributed by atoms with van der Waals surface area (Å²) in [6.45, 7) is 2.61. The molecule has 4 aromatic rings. The van der Waals surface area contributed by atoms with Crippen LogP contribution in [0.25, 0.3) is 10.9 Å². The zero-order valence-electron chi connectivity index (χ0n) is 15.6. The lowest BCUT2D eigenvalue weighted by Gasteiger charge is -2.22. The first-order valence-electron chi connectivity index (χ1n) is 8.85. The van der Waals surface area contributed by atoms with Crippen LogP contribution in [0, 0.1) is 6.92 Å². The summed E-state index contributed by atoms with van der Waals surface area (Å²) in [5, 5.41) is 1.95. The summed E-state index contributed by atoms with van der Waals surface area (Å²) in [5.74, 6) is -0.159. The SMILES string of the molecule is CSNC(=O)c1nc(N(Cc2ccccc2)c2ccc3[nH]ccc3c2)sc1C. The van der Waals surface area contributed by atoms with Gasteiger partial charge in [-0.2, -0.15) is 0 Å². The zero-order valence-corrected chi connectivity index (χ0v) is 17.2. The Morgan fingerprint density at radius 2 is 2.04 bits per heavy atom. The molecule has 7 heteroatoms. The van der Waals surface area contributed by atoms with Gasteiger partial charge >= 0.3 is 0 Å². The summed E-state index contributed by atoms with van der Waals surface area (Å²) in [4.78, 5) is 23.3. The fourth-order valence-corrected chi connectivity index (χ4v) is 4.30. The molecule has 0 aliphatic rings. The second kappa shape index (κ2) is 8.08. The van der Waals surface area contributed by atoms with Crippen LogP contribution >= 0.6 is 23.3 Å². The standard InChI is InChI=1S/C21H20N4OS2/c1-14-19(20(26)24-27-2)23-21(28-14)25(13-15-6-4-3-5-7-15)17-8-9-18-16(12-17)10-11-22-18/h3-12,22H,13H2,1-2H3,(H,24,26). The van der Waals surface area contributed by atoms with Crippen LogP contribution in [0.3, 0.4) is 0 Å². The Bertz CT molecular complexity index is 1100. The van der Waals surface area contributed by atoms with Gasteiger partial charge in [0.15, 0.2) is 5.13 Å². The molecule has 0 aliphatic carbocycles. The van der Waals surface area contributed by atoms with Gasteiger partial charge in [-0.15, -0.1) is 11.3 Å². The number of rotatable bonds is 6. The van der Waals surface area contributed by atoms with Gasteiger partial charge in [-0.05, 0) is 36.8 Å². The summed E-state index contributed by atoms with van der Waals surface area (Å²) < 4.78 is 2.76. The number of aryl methyl sites for hydroxylation is 1. The van der Waals surface area contributed by atoms with Crippen molar-refractivity contribution in [3.8, 4) is 0 Å². The largest absolute Gasteiger partial charge is 0.361 e. The molecule has 0 saturated heterocycles. The molecule has 2 heterocycles. The van der Waals surface area contributed by atoms with Crippen molar-refractivity contribution in [2.45, 2.75) is 13.5 Å². The Morgan fingerprint density at radius 3 is 2.82 bits per heavy atom. The molecule has 1 amide bonds. The van der Waals surface area contributed by atoms with Gasteiger partial charge in [0.2, 0.25) is 0 Å². The highest BCUT2D eigenvalue weighted by Gasteiger charge is 2.20. The van der Waals surface area contributed by atoms with Gasteiger partial charge in [0.25, 0.3) is 5.91 Å². The van der Waals surface area contributed by atoms with Crippen molar-refractivity contribution < 1.29 is 4.79 Å². The molecule has 0 unspecified atom stereocenters. The predicted octanol–water partition coefficient (Wildman–Crippen LogP) is 5.28. The molecular formula is C21H20N4OS2. The molecular weight excluding hydrogens is 388 g/mol. The van der Waals surface area contributed by atoms with Crippen molar-refractivity contribution in [3.05, 3.63) is 76.9 Å². The normalized spacial score (nSPS) is 10.9. The summed E-state index contributed by atoms with van der Waals surface area (Å²) in [6.07, 6.45) is 3.77. The van der Waals surface area contributed by atoms with E-state index in [4.69, 9.17) is 0 Å². The number of H-pyrrole nitrogens is 1. The van der Waals surface area contributed by atoms with Crippen molar-refractivity contribution in [2.24, 2.45) is 0 Å². The Hall–Kier alpha value is -2.77. The number of hydrogen-bond donors (Lipinski definition) is 2. The van der Waals surface area contributed by atoms with E-state index >= 15 is 0 Å². The minimum atomic E-state index is -0.159. The van der Waals surface area contributed by atoms with Crippen molar-refractivity contribution >= 4 is 50.9 Å². The maximum atomic E-state index is 12.3. The molecule has 2 aromatic heterocycles. The first-order valence-corrected chi connectivity index (χ1v) is 10.9. The average Bonchev–Trinajstić information content (AvgIpc) is 3.33. The molecule has 0 saturated carbocycles.